The van der Waals surface area contributed by atoms with E-state index >= 15 is 0 Å². The van der Waals surface area contributed by atoms with Gasteiger partial charge in [-0.15, -0.1) is 10.2 Å². The van der Waals surface area contributed by atoms with Crippen molar-refractivity contribution in [1.82, 2.24) is 30.4 Å². The molecule has 6 rings (SSSR count). The molecule has 1 aliphatic rings. The molecule has 10 nitrogen and oxygen atoms in total. The molecule has 0 saturated heterocycles. The highest BCUT2D eigenvalue weighted by molar-refractivity contribution is 8.01. The SMILES string of the molecule is CCOC(=O)C1=C(CSc2nnc(-c3ccccc3)s2)Nc2nnnn2C1c1ccc(OCc2ccccc2C)cc1. The maximum atomic E-state index is 13.4. The molecule has 3 aromatic carbocycles. The Hall–Kier alpha value is -4.55. The lowest BCUT2D eigenvalue weighted by atomic mass is 9.95. The number of aromatic nitrogens is 6. The van der Waals surface area contributed by atoms with Crippen molar-refractivity contribution in [3.63, 3.8) is 0 Å². The minimum atomic E-state index is -0.592. The normalized spacial score (nSPS) is 14.3. The molecule has 0 amide bonds. The van der Waals surface area contributed by atoms with Crippen molar-refractivity contribution in [1.29, 1.82) is 0 Å². The summed E-state index contributed by atoms with van der Waals surface area (Å²) in [5.74, 6) is 1.13. The van der Waals surface area contributed by atoms with E-state index in [0.717, 1.165) is 31.8 Å². The van der Waals surface area contributed by atoms with E-state index in [-0.39, 0.29) is 6.61 Å². The van der Waals surface area contributed by atoms with Crippen LogP contribution in [0.3, 0.4) is 0 Å². The van der Waals surface area contributed by atoms with Gasteiger partial charge in [0.05, 0.1) is 12.2 Å². The van der Waals surface area contributed by atoms with Crippen LogP contribution in [-0.2, 0) is 16.1 Å². The quantitative estimate of drug-likeness (QED) is 0.159. The van der Waals surface area contributed by atoms with Crippen molar-refractivity contribution >= 4 is 35.0 Å². The van der Waals surface area contributed by atoms with Crippen molar-refractivity contribution in [2.24, 2.45) is 0 Å². The fourth-order valence-electron chi connectivity index (χ4n) is 4.58. The average molecular weight is 598 g/mol. The van der Waals surface area contributed by atoms with Gasteiger partial charge in [0, 0.05) is 17.0 Å². The minimum absolute atomic E-state index is 0.237. The minimum Gasteiger partial charge on any atom is -0.489 e. The van der Waals surface area contributed by atoms with Gasteiger partial charge in [-0.3, -0.25) is 0 Å². The zero-order valence-corrected chi connectivity index (χ0v) is 24.6. The van der Waals surface area contributed by atoms with E-state index in [1.54, 1.807) is 11.6 Å². The van der Waals surface area contributed by atoms with Crippen molar-refractivity contribution in [3.8, 4) is 16.3 Å². The largest absolute Gasteiger partial charge is 0.489 e. The predicted molar refractivity (Wildman–Crippen MR) is 161 cm³/mol. The van der Waals surface area contributed by atoms with Gasteiger partial charge in [0.2, 0.25) is 5.95 Å². The molecule has 2 aromatic heterocycles. The van der Waals surface area contributed by atoms with E-state index in [1.807, 2.05) is 66.7 Å². The molecule has 0 bridgehead atoms. The lowest BCUT2D eigenvalue weighted by Gasteiger charge is -2.28. The summed E-state index contributed by atoms with van der Waals surface area (Å²) >= 11 is 2.98. The zero-order chi connectivity index (χ0) is 28.9. The first-order chi connectivity index (χ1) is 20.6. The summed E-state index contributed by atoms with van der Waals surface area (Å²) in [5.41, 5.74) is 5.22. The highest BCUT2D eigenvalue weighted by Gasteiger charge is 2.36. The van der Waals surface area contributed by atoms with Gasteiger partial charge in [-0.25, -0.2) is 4.79 Å². The molecule has 3 heterocycles. The Morgan fingerprint density at radius 3 is 2.57 bits per heavy atom. The number of rotatable bonds is 10. The molecule has 1 atom stereocenters. The Kier molecular flexibility index (Phi) is 8.24. The maximum Gasteiger partial charge on any atom is 0.338 e. The molecule has 0 fully saturated rings. The number of aryl methyl sites for hydroxylation is 1. The second-order valence-corrected chi connectivity index (χ2v) is 11.6. The number of fused-ring (bicyclic) bond motifs is 1. The number of nitrogens with zero attached hydrogens (tertiary/aromatic N) is 6. The molecule has 212 valence electrons. The molecule has 0 saturated carbocycles. The molecule has 5 aromatic rings. The van der Waals surface area contributed by atoms with Crippen LogP contribution < -0.4 is 10.1 Å². The summed E-state index contributed by atoms with van der Waals surface area (Å²) < 4.78 is 13.9. The van der Waals surface area contributed by atoms with E-state index in [0.29, 0.717) is 29.6 Å². The molecule has 1 unspecified atom stereocenters. The Balaban J connectivity index is 1.27. The molecule has 0 aliphatic carbocycles. The number of hydrogen-bond donors (Lipinski definition) is 1. The number of hydrogen-bond acceptors (Lipinski definition) is 11. The number of benzene rings is 3. The Morgan fingerprint density at radius 2 is 1.79 bits per heavy atom. The van der Waals surface area contributed by atoms with Crippen LogP contribution in [0.25, 0.3) is 10.6 Å². The maximum absolute atomic E-state index is 13.4. The fraction of sp³-hybridized carbons (Fsp3) is 0.200. The number of nitrogens with one attached hydrogen (secondary N) is 1. The van der Waals surface area contributed by atoms with Crippen LogP contribution in [-0.4, -0.2) is 48.7 Å². The van der Waals surface area contributed by atoms with Gasteiger partial charge in [0.1, 0.15) is 23.4 Å². The van der Waals surface area contributed by atoms with Crippen LogP contribution >= 0.6 is 23.1 Å². The molecule has 42 heavy (non-hydrogen) atoms. The Morgan fingerprint density at radius 1 is 1.00 bits per heavy atom. The third kappa shape index (κ3) is 5.90. The van der Waals surface area contributed by atoms with Crippen LogP contribution in [0.2, 0.25) is 0 Å². The van der Waals surface area contributed by atoms with Gasteiger partial charge in [-0.2, -0.15) is 4.68 Å². The summed E-state index contributed by atoms with van der Waals surface area (Å²) in [6, 6.07) is 25.1. The zero-order valence-electron chi connectivity index (χ0n) is 22.9. The molecular formula is C30H27N7O3S2. The van der Waals surface area contributed by atoms with E-state index in [9.17, 15) is 4.79 Å². The highest BCUT2D eigenvalue weighted by Crippen LogP contribution is 2.38. The van der Waals surface area contributed by atoms with Crippen LogP contribution in [0.1, 0.15) is 29.7 Å². The van der Waals surface area contributed by atoms with E-state index in [4.69, 9.17) is 9.47 Å². The third-order valence-electron chi connectivity index (χ3n) is 6.71. The molecule has 12 heteroatoms. The van der Waals surface area contributed by atoms with Gasteiger partial charge < -0.3 is 14.8 Å². The van der Waals surface area contributed by atoms with E-state index < -0.39 is 12.0 Å². The molecule has 1 N–H and O–H groups in total. The van der Waals surface area contributed by atoms with Crippen LogP contribution in [0.15, 0.2) is 94.5 Å². The number of esters is 1. The highest BCUT2D eigenvalue weighted by atomic mass is 32.2. The number of ether oxygens (including phenoxy) is 2. The summed E-state index contributed by atoms with van der Waals surface area (Å²) in [5, 5.41) is 25.0. The first-order valence-electron chi connectivity index (χ1n) is 13.3. The number of carbonyl (C=O) groups excluding carboxylic acids is 1. The van der Waals surface area contributed by atoms with Crippen molar-refractivity contribution < 1.29 is 14.3 Å². The van der Waals surface area contributed by atoms with Crippen LogP contribution in [0, 0.1) is 6.92 Å². The van der Waals surface area contributed by atoms with Gasteiger partial charge in [-0.05, 0) is 53.1 Å². The van der Waals surface area contributed by atoms with Crippen molar-refractivity contribution in [3.05, 3.63) is 107 Å². The number of tetrazole rings is 1. The van der Waals surface area contributed by atoms with Crippen LogP contribution in [0.5, 0.6) is 5.75 Å². The summed E-state index contributed by atoms with van der Waals surface area (Å²) in [6.45, 7) is 4.55. The summed E-state index contributed by atoms with van der Waals surface area (Å²) in [7, 11) is 0. The monoisotopic (exact) mass is 597 g/mol. The van der Waals surface area contributed by atoms with Crippen molar-refractivity contribution in [2.75, 3.05) is 17.7 Å². The first-order valence-corrected chi connectivity index (χ1v) is 15.1. The lowest BCUT2D eigenvalue weighted by Crippen LogP contribution is -2.31. The molecule has 1 aliphatic heterocycles. The number of carbonyl (C=O) groups is 1. The van der Waals surface area contributed by atoms with Gasteiger partial charge >= 0.3 is 5.97 Å². The average Bonchev–Trinajstić information content (AvgIpc) is 3.70. The van der Waals surface area contributed by atoms with Crippen LogP contribution in [0.4, 0.5) is 5.95 Å². The van der Waals surface area contributed by atoms with Gasteiger partial charge in [0.15, 0.2) is 4.34 Å². The number of anilines is 1. The summed E-state index contributed by atoms with van der Waals surface area (Å²) in [4.78, 5) is 13.4. The Bertz CT molecular complexity index is 1720. The van der Waals surface area contributed by atoms with Gasteiger partial charge in [0.25, 0.3) is 0 Å². The lowest BCUT2D eigenvalue weighted by molar-refractivity contribution is -0.139. The smallest absolute Gasteiger partial charge is 0.338 e. The summed E-state index contributed by atoms with van der Waals surface area (Å²) in [6.07, 6.45) is 0. The fourth-order valence-corrected chi connectivity index (χ4v) is 6.41. The van der Waals surface area contributed by atoms with Crippen molar-refractivity contribution in [2.45, 2.75) is 30.8 Å². The Labute approximate surface area is 250 Å². The predicted octanol–water partition coefficient (Wildman–Crippen LogP) is 5.70. The first kappa shape index (κ1) is 27.6. The van der Waals surface area contributed by atoms with Gasteiger partial charge in [-0.1, -0.05) is 94.9 Å². The second-order valence-electron chi connectivity index (χ2n) is 9.40. The molecule has 0 spiro atoms. The third-order valence-corrected chi connectivity index (χ3v) is 8.84. The number of thioether (sulfide) groups is 1. The second kappa shape index (κ2) is 12.5. The molecule has 0 radical (unpaired) electrons. The molecular weight excluding hydrogens is 571 g/mol. The standard InChI is InChI=1S/C30H27N7O3S2/c1-3-39-28(38)25-24(18-41-30-34-32-27(42-30)21-10-5-4-6-11-21)31-29-33-35-36-37(29)26(25)20-13-15-23(16-14-20)40-17-22-12-8-7-9-19(22)2/h4-16,26H,3,17-18H2,1-2H3,(H,31,33,36). The van der Waals surface area contributed by atoms with E-state index in [2.05, 4.69) is 50.1 Å². The van der Waals surface area contributed by atoms with E-state index in [1.165, 1.54) is 28.7 Å². The topological polar surface area (TPSA) is 117 Å².